The Labute approximate surface area is 94.3 Å². The number of carbonyl (C=O) groups is 1. The fourth-order valence-corrected chi connectivity index (χ4v) is 2.22. The molecule has 0 radical (unpaired) electrons. The van der Waals surface area contributed by atoms with Gasteiger partial charge in [0.05, 0.1) is 5.69 Å². The minimum atomic E-state index is -4.10. The molecule has 0 bridgehead atoms. The summed E-state index contributed by atoms with van der Waals surface area (Å²) in [5, 5.41) is 0. The van der Waals surface area contributed by atoms with E-state index >= 15 is 0 Å². The maximum Gasteiger partial charge on any atom is 0.343 e. The quantitative estimate of drug-likeness (QED) is 0.637. The van der Waals surface area contributed by atoms with E-state index < -0.39 is 16.1 Å². The first-order valence-corrected chi connectivity index (χ1v) is 6.11. The van der Waals surface area contributed by atoms with Crippen LogP contribution in [0.15, 0.2) is 23.1 Å². The lowest BCUT2D eigenvalue weighted by molar-refractivity contribution is -0.133. The summed E-state index contributed by atoms with van der Waals surface area (Å²) < 4.78 is 27.7. The average Bonchev–Trinajstić information content (AvgIpc) is 2.20. The van der Waals surface area contributed by atoms with Crippen molar-refractivity contribution in [2.45, 2.75) is 25.2 Å². The van der Waals surface area contributed by atoms with Crippen molar-refractivity contribution < 1.29 is 17.4 Å². The summed E-state index contributed by atoms with van der Waals surface area (Å²) in [6.45, 7) is 3.23. The Kier molecular flexibility index (Phi) is 3.54. The van der Waals surface area contributed by atoms with Gasteiger partial charge in [0.1, 0.15) is 4.90 Å². The van der Waals surface area contributed by atoms with Crippen LogP contribution in [-0.4, -0.2) is 14.4 Å². The maximum absolute atomic E-state index is 11.7. The van der Waals surface area contributed by atoms with E-state index in [4.69, 9.17) is 5.73 Å². The summed E-state index contributed by atoms with van der Waals surface area (Å²) in [5.41, 5.74) is 6.31. The van der Waals surface area contributed by atoms with Gasteiger partial charge in [0.15, 0.2) is 0 Å². The van der Waals surface area contributed by atoms with Gasteiger partial charge in [0.25, 0.3) is 0 Å². The van der Waals surface area contributed by atoms with E-state index in [9.17, 15) is 13.2 Å². The molecule has 0 aliphatic carbocycles. The van der Waals surface area contributed by atoms with Crippen molar-refractivity contribution in [1.82, 2.24) is 0 Å². The molecule has 0 amide bonds. The van der Waals surface area contributed by atoms with Crippen LogP contribution in [0.1, 0.15) is 18.9 Å². The number of rotatable bonds is 3. The molecule has 0 fully saturated rings. The summed E-state index contributed by atoms with van der Waals surface area (Å²) in [6, 6.07) is 4.51. The van der Waals surface area contributed by atoms with Gasteiger partial charge in [-0.25, -0.2) is 0 Å². The molecule has 1 aromatic carbocycles. The van der Waals surface area contributed by atoms with Crippen LogP contribution in [0.4, 0.5) is 5.69 Å². The zero-order valence-corrected chi connectivity index (χ0v) is 9.87. The molecule has 0 aliphatic heterocycles. The van der Waals surface area contributed by atoms with Crippen molar-refractivity contribution in [3.05, 3.63) is 23.8 Å². The molecule has 2 N–H and O–H groups in total. The number of benzene rings is 1. The third-order valence-corrected chi connectivity index (χ3v) is 3.23. The highest BCUT2D eigenvalue weighted by Crippen LogP contribution is 2.21. The largest absolute Gasteiger partial charge is 0.398 e. The molecule has 1 rings (SSSR count). The van der Waals surface area contributed by atoms with Crippen molar-refractivity contribution in [3.63, 3.8) is 0 Å². The molecule has 0 atom stereocenters. The SMILES string of the molecule is CCC(=O)OS(=O)(=O)c1cc(C)ccc1N. The van der Waals surface area contributed by atoms with Gasteiger partial charge in [-0.3, -0.25) is 4.79 Å². The molecule has 0 unspecified atom stereocenters. The molecule has 0 aliphatic rings. The predicted octanol–water partition coefficient (Wildman–Crippen LogP) is 1.22. The van der Waals surface area contributed by atoms with Crippen LogP contribution in [-0.2, 0) is 19.1 Å². The Morgan fingerprint density at radius 2 is 2.06 bits per heavy atom. The monoisotopic (exact) mass is 243 g/mol. The smallest absolute Gasteiger partial charge is 0.343 e. The summed E-state index contributed by atoms with van der Waals surface area (Å²) in [6.07, 6.45) is -0.00898. The van der Waals surface area contributed by atoms with Crippen LogP contribution in [0.5, 0.6) is 0 Å². The molecule has 6 heteroatoms. The van der Waals surface area contributed by atoms with E-state index in [1.165, 1.54) is 19.1 Å². The molecule has 0 heterocycles. The fourth-order valence-electron chi connectivity index (χ4n) is 1.08. The molecule has 0 spiro atoms. The Bertz CT molecular complexity index is 508. The Hall–Kier alpha value is -1.56. The number of hydrogen-bond acceptors (Lipinski definition) is 5. The number of carbonyl (C=O) groups excluding carboxylic acids is 1. The van der Waals surface area contributed by atoms with Gasteiger partial charge < -0.3 is 9.92 Å². The molecule has 5 nitrogen and oxygen atoms in total. The van der Waals surface area contributed by atoms with Crippen molar-refractivity contribution in [3.8, 4) is 0 Å². The van der Waals surface area contributed by atoms with Crippen LogP contribution < -0.4 is 5.73 Å². The number of nitrogen functional groups attached to an aromatic ring is 1. The van der Waals surface area contributed by atoms with E-state index in [0.717, 1.165) is 5.56 Å². The third kappa shape index (κ3) is 2.73. The summed E-state index contributed by atoms with van der Waals surface area (Å²) >= 11 is 0. The second-order valence-electron chi connectivity index (χ2n) is 3.30. The second kappa shape index (κ2) is 4.52. The number of nitrogens with two attached hydrogens (primary N) is 1. The summed E-state index contributed by atoms with van der Waals surface area (Å²) in [5.74, 6) is -0.805. The lowest BCUT2D eigenvalue weighted by Gasteiger charge is -2.07. The Morgan fingerprint density at radius 1 is 1.44 bits per heavy atom. The lowest BCUT2D eigenvalue weighted by Crippen LogP contribution is -2.14. The third-order valence-electron chi connectivity index (χ3n) is 1.93. The standard InChI is InChI=1S/C10H13NO4S/c1-3-10(12)15-16(13,14)9-6-7(2)4-5-8(9)11/h4-6H,3,11H2,1-2H3. The predicted molar refractivity (Wildman–Crippen MR) is 59.2 cm³/mol. The molecule has 16 heavy (non-hydrogen) atoms. The van der Waals surface area contributed by atoms with Crippen LogP contribution >= 0.6 is 0 Å². The highest BCUT2D eigenvalue weighted by molar-refractivity contribution is 7.87. The van der Waals surface area contributed by atoms with Crippen molar-refractivity contribution in [2.24, 2.45) is 0 Å². The van der Waals surface area contributed by atoms with Crippen LogP contribution in [0, 0.1) is 6.92 Å². The van der Waals surface area contributed by atoms with E-state index in [2.05, 4.69) is 4.18 Å². The maximum atomic E-state index is 11.7. The minimum absolute atomic E-state index is 0.00898. The number of aryl methyl sites for hydroxylation is 1. The van der Waals surface area contributed by atoms with Gasteiger partial charge in [0.2, 0.25) is 0 Å². The Balaban J connectivity index is 3.17. The molecular weight excluding hydrogens is 230 g/mol. The summed E-state index contributed by atoms with van der Waals surface area (Å²) in [4.78, 5) is 10.8. The first-order chi connectivity index (χ1) is 7.36. The zero-order chi connectivity index (χ0) is 12.3. The molecule has 88 valence electrons. The van der Waals surface area contributed by atoms with Gasteiger partial charge in [-0.2, -0.15) is 8.42 Å². The average molecular weight is 243 g/mol. The number of anilines is 1. The molecule has 0 saturated heterocycles. The van der Waals surface area contributed by atoms with E-state index in [1.807, 2.05) is 0 Å². The lowest BCUT2D eigenvalue weighted by atomic mass is 10.2. The molecule has 0 aromatic heterocycles. The minimum Gasteiger partial charge on any atom is -0.398 e. The summed E-state index contributed by atoms with van der Waals surface area (Å²) in [7, 11) is -4.10. The van der Waals surface area contributed by atoms with Crippen LogP contribution in [0.3, 0.4) is 0 Å². The topological polar surface area (TPSA) is 86.5 Å². The van der Waals surface area contributed by atoms with Gasteiger partial charge in [0, 0.05) is 6.42 Å². The van der Waals surface area contributed by atoms with Crippen LogP contribution in [0.2, 0.25) is 0 Å². The van der Waals surface area contributed by atoms with Gasteiger partial charge in [-0.05, 0) is 24.6 Å². The highest BCUT2D eigenvalue weighted by Gasteiger charge is 2.21. The van der Waals surface area contributed by atoms with Gasteiger partial charge in [-0.15, -0.1) is 0 Å². The fraction of sp³-hybridized carbons (Fsp3) is 0.300. The second-order valence-corrected chi connectivity index (χ2v) is 4.82. The van der Waals surface area contributed by atoms with Crippen LogP contribution in [0.25, 0.3) is 0 Å². The highest BCUT2D eigenvalue weighted by atomic mass is 32.2. The number of hydrogen-bond donors (Lipinski definition) is 1. The molecular formula is C10H13NO4S. The van der Waals surface area contributed by atoms with Crippen molar-refractivity contribution >= 4 is 21.8 Å². The zero-order valence-electron chi connectivity index (χ0n) is 9.06. The first-order valence-electron chi connectivity index (χ1n) is 4.70. The van der Waals surface area contributed by atoms with Gasteiger partial charge >= 0.3 is 16.1 Å². The first kappa shape index (κ1) is 12.5. The van der Waals surface area contributed by atoms with Gasteiger partial charge in [-0.1, -0.05) is 13.0 Å². The van der Waals surface area contributed by atoms with Crippen molar-refractivity contribution in [1.29, 1.82) is 0 Å². The van der Waals surface area contributed by atoms with E-state index in [1.54, 1.807) is 13.0 Å². The van der Waals surface area contributed by atoms with Crippen molar-refractivity contribution in [2.75, 3.05) is 5.73 Å². The Morgan fingerprint density at radius 3 is 2.62 bits per heavy atom. The molecule has 1 aromatic rings. The normalized spacial score (nSPS) is 11.1. The van der Waals surface area contributed by atoms with E-state index in [0.29, 0.717) is 0 Å². The molecule has 0 saturated carbocycles. The van der Waals surface area contributed by atoms with E-state index in [-0.39, 0.29) is 17.0 Å².